The summed E-state index contributed by atoms with van der Waals surface area (Å²) in [4.78, 5) is 24.1. The van der Waals surface area contributed by atoms with E-state index in [1.165, 1.54) is 44.8 Å². The molecule has 0 heterocycles. The molecule has 0 aliphatic heterocycles. The quantitative estimate of drug-likeness (QED) is 0.324. The third kappa shape index (κ3) is 4.08. The fraction of sp³-hybridized carbons (Fsp3) is 0.733. The number of rotatable bonds is 6. The summed E-state index contributed by atoms with van der Waals surface area (Å²) in [7, 11) is 1.49. The molecule has 0 amide bonds. The van der Waals surface area contributed by atoms with Gasteiger partial charge in [0, 0.05) is 5.41 Å². The van der Waals surface area contributed by atoms with Crippen LogP contribution in [0.4, 0.5) is 0 Å². The van der Waals surface area contributed by atoms with Gasteiger partial charge in [0.2, 0.25) is 0 Å². The maximum absolute atomic E-state index is 12.0. The Labute approximate surface area is 201 Å². The van der Waals surface area contributed by atoms with E-state index in [2.05, 4.69) is 45.9 Å². The molecule has 182 valence electrons. The van der Waals surface area contributed by atoms with Crippen LogP contribution in [0.5, 0.6) is 0 Å². The van der Waals surface area contributed by atoms with E-state index in [1.807, 2.05) is 19.1 Å². The first-order valence-corrected chi connectivity index (χ1v) is 13.4. The minimum atomic E-state index is -0.108. The van der Waals surface area contributed by atoms with Crippen LogP contribution in [-0.4, -0.2) is 18.9 Å². The summed E-state index contributed by atoms with van der Waals surface area (Å²) >= 11 is 0. The number of fused-ring (bicyclic) bond motifs is 5. The molecule has 0 N–H and O–H groups in total. The maximum Gasteiger partial charge on any atom is 0.308 e. The van der Waals surface area contributed by atoms with Gasteiger partial charge in [-0.1, -0.05) is 58.4 Å². The highest BCUT2D eigenvalue weighted by Gasteiger charge is 2.58. The van der Waals surface area contributed by atoms with E-state index in [9.17, 15) is 9.59 Å². The number of allylic oxidation sites excluding steroid dienone is 6. The highest BCUT2D eigenvalue weighted by Crippen LogP contribution is 2.67. The molecule has 3 fully saturated rings. The van der Waals surface area contributed by atoms with Crippen LogP contribution in [0.15, 0.2) is 36.0 Å². The van der Waals surface area contributed by atoms with Crippen molar-refractivity contribution in [1.82, 2.24) is 0 Å². The number of esters is 1. The van der Waals surface area contributed by atoms with E-state index in [4.69, 9.17) is 4.74 Å². The summed E-state index contributed by atoms with van der Waals surface area (Å²) in [5.41, 5.74) is 1.86. The molecule has 4 aliphatic rings. The molecule has 0 spiro atoms. The lowest BCUT2D eigenvalue weighted by Gasteiger charge is -2.57. The normalized spacial score (nSPS) is 40.4. The molecule has 3 nitrogen and oxygen atoms in total. The van der Waals surface area contributed by atoms with Gasteiger partial charge in [0.25, 0.3) is 0 Å². The van der Waals surface area contributed by atoms with Gasteiger partial charge in [-0.05, 0) is 98.0 Å². The minimum absolute atomic E-state index is 0.0835. The third-order valence-electron chi connectivity index (χ3n) is 10.6. The molecule has 4 aliphatic carbocycles. The fourth-order valence-electron chi connectivity index (χ4n) is 8.57. The Balaban J connectivity index is 1.50. The molecular weight excluding hydrogens is 408 g/mol. The first kappa shape index (κ1) is 24.5. The Morgan fingerprint density at radius 1 is 1.15 bits per heavy atom. The van der Waals surface area contributed by atoms with Gasteiger partial charge in [0.05, 0.1) is 13.0 Å². The molecule has 9 atom stereocenters. The molecule has 4 rings (SSSR count). The monoisotopic (exact) mass is 452 g/mol. The molecular formula is C30H44O3. The predicted molar refractivity (Wildman–Crippen MR) is 133 cm³/mol. The van der Waals surface area contributed by atoms with Crippen molar-refractivity contribution in [2.45, 2.75) is 79.6 Å². The summed E-state index contributed by atoms with van der Waals surface area (Å²) in [5.74, 6) is 3.69. The van der Waals surface area contributed by atoms with Gasteiger partial charge in [-0.2, -0.15) is 0 Å². The molecule has 3 heteroatoms. The van der Waals surface area contributed by atoms with Crippen molar-refractivity contribution in [1.29, 1.82) is 0 Å². The Hall–Kier alpha value is -1.64. The van der Waals surface area contributed by atoms with Gasteiger partial charge >= 0.3 is 5.97 Å². The number of ether oxygens (including phenoxy) is 1. The van der Waals surface area contributed by atoms with E-state index in [0.717, 1.165) is 24.7 Å². The van der Waals surface area contributed by atoms with Crippen molar-refractivity contribution in [2.24, 2.45) is 52.3 Å². The first-order valence-electron chi connectivity index (χ1n) is 13.4. The van der Waals surface area contributed by atoms with Crippen molar-refractivity contribution in [3.8, 4) is 0 Å². The van der Waals surface area contributed by atoms with Crippen LogP contribution < -0.4 is 0 Å². The van der Waals surface area contributed by atoms with E-state index >= 15 is 0 Å². The second-order valence-corrected chi connectivity index (χ2v) is 12.0. The van der Waals surface area contributed by atoms with Crippen LogP contribution in [0.3, 0.4) is 0 Å². The number of hydrogen-bond acceptors (Lipinski definition) is 3. The van der Waals surface area contributed by atoms with E-state index in [-0.39, 0.29) is 29.0 Å². The van der Waals surface area contributed by atoms with Crippen LogP contribution in [0.2, 0.25) is 0 Å². The molecule has 0 aromatic rings. The molecule has 0 saturated heterocycles. The zero-order chi connectivity index (χ0) is 24.0. The second kappa shape index (κ2) is 9.19. The SMILES string of the molecule is CC[C@H](C=C[C@@H](C)[C@H]1CC[C@H]2[C@@H]3CCC4=CC(=O)C=C[C@]4(C)[C@H]3CC[C@]12C)C(C)C(=O)OC. The highest BCUT2D eigenvalue weighted by molar-refractivity contribution is 6.01. The van der Waals surface area contributed by atoms with Gasteiger partial charge in [-0.25, -0.2) is 0 Å². The van der Waals surface area contributed by atoms with Crippen molar-refractivity contribution >= 4 is 11.8 Å². The van der Waals surface area contributed by atoms with E-state index in [0.29, 0.717) is 23.2 Å². The van der Waals surface area contributed by atoms with Crippen molar-refractivity contribution in [3.05, 3.63) is 36.0 Å². The van der Waals surface area contributed by atoms with Gasteiger partial charge in [0.1, 0.15) is 0 Å². The molecule has 0 radical (unpaired) electrons. The van der Waals surface area contributed by atoms with E-state index in [1.54, 1.807) is 0 Å². The molecule has 0 bridgehead atoms. The number of hydrogen-bond donors (Lipinski definition) is 0. The third-order valence-corrected chi connectivity index (χ3v) is 10.6. The highest BCUT2D eigenvalue weighted by atomic mass is 16.5. The summed E-state index contributed by atoms with van der Waals surface area (Å²) in [5, 5.41) is 0. The van der Waals surface area contributed by atoms with E-state index < -0.39 is 0 Å². The lowest BCUT2D eigenvalue weighted by molar-refractivity contribution is -0.146. The van der Waals surface area contributed by atoms with Crippen LogP contribution in [0.25, 0.3) is 0 Å². The topological polar surface area (TPSA) is 43.4 Å². The fourth-order valence-corrected chi connectivity index (χ4v) is 8.57. The van der Waals surface area contributed by atoms with Gasteiger partial charge in [0.15, 0.2) is 5.78 Å². The summed E-state index contributed by atoms with van der Waals surface area (Å²) in [6.07, 6.45) is 19.2. The van der Waals surface area contributed by atoms with Gasteiger partial charge < -0.3 is 4.74 Å². The maximum atomic E-state index is 12.0. The summed E-state index contributed by atoms with van der Waals surface area (Å²) < 4.78 is 4.99. The standard InChI is InChI=1S/C30H44O3/c1-7-21(20(3)28(32)33-6)9-8-19(2)25-12-13-26-24-11-10-22-18-23(31)14-16-29(22,4)27(24)15-17-30(25,26)5/h8-9,14,16,18-21,24-27H,7,10-13,15,17H2,1-6H3/t19-,20?,21-,24+,25-,26+,27+,29+,30-/m1/s1. The van der Waals surface area contributed by atoms with Crippen molar-refractivity contribution < 1.29 is 14.3 Å². The molecule has 0 aromatic heterocycles. The number of carbonyl (C=O) groups excluding carboxylic acids is 2. The number of carbonyl (C=O) groups is 2. The molecule has 3 saturated carbocycles. The Morgan fingerprint density at radius 3 is 2.61 bits per heavy atom. The second-order valence-electron chi connectivity index (χ2n) is 12.0. The Bertz CT molecular complexity index is 866. The lowest BCUT2D eigenvalue weighted by atomic mass is 9.47. The molecule has 1 unspecified atom stereocenters. The lowest BCUT2D eigenvalue weighted by Crippen LogP contribution is -2.50. The first-order chi connectivity index (χ1) is 15.7. The van der Waals surface area contributed by atoms with Crippen LogP contribution in [-0.2, 0) is 14.3 Å². The zero-order valence-electron chi connectivity index (χ0n) is 21.6. The van der Waals surface area contributed by atoms with Crippen LogP contribution in [0.1, 0.15) is 79.6 Å². The Kier molecular flexibility index (Phi) is 6.82. The smallest absolute Gasteiger partial charge is 0.308 e. The van der Waals surface area contributed by atoms with Crippen molar-refractivity contribution in [2.75, 3.05) is 7.11 Å². The summed E-state index contributed by atoms with van der Waals surface area (Å²) in [6, 6.07) is 0. The number of ketones is 1. The molecule has 0 aromatic carbocycles. The largest absolute Gasteiger partial charge is 0.469 e. The van der Waals surface area contributed by atoms with Crippen LogP contribution >= 0.6 is 0 Å². The van der Waals surface area contributed by atoms with Crippen LogP contribution in [0, 0.1) is 52.3 Å². The summed E-state index contributed by atoms with van der Waals surface area (Å²) in [6.45, 7) is 11.5. The zero-order valence-corrected chi connectivity index (χ0v) is 21.6. The van der Waals surface area contributed by atoms with Gasteiger partial charge in [-0.3, -0.25) is 9.59 Å². The Morgan fingerprint density at radius 2 is 1.91 bits per heavy atom. The van der Waals surface area contributed by atoms with Crippen molar-refractivity contribution in [3.63, 3.8) is 0 Å². The average molecular weight is 453 g/mol. The number of methoxy groups -OCH3 is 1. The molecule has 33 heavy (non-hydrogen) atoms. The minimum Gasteiger partial charge on any atom is -0.469 e. The van der Waals surface area contributed by atoms with Gasteiger partial charge in [-0.15, -0.1) is 0 Å². The predicted octanol–water partition coefficient (Wildman–Crippen LogP) is 6.94. The average Bonchev–Trinajstić information content (AvgIpc) is 3.16.